The smallest absolute Gasteiger partial charge is 0.270 e. The number of aromatic nitrogens is 2. The molecule has 0 spiro atoms. The maximum Gasteiger partial charge on any atom is 0.270 e. The summed E-state index contributed by atoms with van der Waals surface area (Å²) in [7, 11) is 0. The number of rotatable bonds is 3. The van der Waals surface area contributed by atoms with Crippen molar-refractivity contribution in [1.29, 1.82) is 0 Å². The first-order valence-corrected chi connectivity index (χ1v) is 8.78. The first-order chi connectivity index (χ1) is 11.7. The van der Waals surface area contributed by atoms with Gasteiger partial charge < -0.3 is 4.90 Å². The Balaban J connectivity index is 1.55. The van der Waals surface area contributed by atoms with Crippen LogP contribution in [-0.4, -0.2) is 22.4 Å². The second kappa shape index (κ2) is 6.17. The van der Waals surface area contributed by atoms with Gasteiger partial charge in [-0.3, -0.25) is 9.78 Å². The van der Waals surface area contributed by atoms with Crippen LogP contribution in [0.3, 0.4) is 0 Å². The molecule has 0 saturated carbocycles. The fourth-order valence-corrected chi connectivity index (χ4v) is 3.85. The standard InChI is InChI=1S/C19H17N3OS/c1-13-9-16-15(20-11-13)7-8-22(16)19(23)17-12-21-18(24-17)10-14-5-3-2-4-6-14/h2-6,9,11-12H,7-8,10H2,1H3. The predicted molar refractivity (Wildman–Crippen MR) is 95.7 cm³/mol. The lowest BCUT2D eigenvalue weighted by molar-refractivity contribution is 0.0993. The SMILES string of the molecule is Cc1cnc2c(c1)N(C(=O)c1cnc(Cc3ccccc3)s1)CC2. The van der Waals surface area contributed by atoms with E-state index in [0.29, 0.717) is 11.4 Å². The Hall–Kier alpha value is -2.53. The number of benzene rings is 1. The summed E-state index contributed by atoms with van der Waals surface area (Å²) < 4.78 is 0. The molecule has 0 saturated heterocycles. The minimum Gasteiger partial charge on any atom is -0.305 e. The molecule has 0 atom stereocenters. The highest BCUT2D eigenvalue weighted by atomic mass is 32.1. The van der Waals surface area contributed by atoms with Gasteiger partial charge in [-0.1, -0.05) is 30.3 Å². The maximum absolute atomic E-state index is 12.9. The molecule has 0 bridgehead atoms. The highest BCUT2D eigenvalue weighted by Crippen LogP contribution is 2.29. The van der Waals surface area contributed by atoms with Crippen LogP contribution in [-0.2, 0) is 12.8 Å². The van der Waals surface area contributed by atoms with E-state index in [9.17, 15) is 4.79 Å². The largest absolute Gasteiger partial charge is 0.305 e. The first kappa shape index (κ1) is 15.0. The molecule has 0 unspecified atom stereocenters. The van der Waals surface area contributed by atoms with Gasteiger partial charge in [0.25, 0.3) is 5.91 Å². The van der Waals surface area contributed by atoms with Crippen LogP contribution in [0.15, 0.2) is 48.8 Å². The third-order valence-electron chi connectivity index (χ3n) is 4.15. The average molecular weight is 335 g/mol. The van der Waals surface area contributed by atoms with Gasteiger partial charge in [-0.25, -0.2) is 4.98 Å². The van der Waals surface area contributed by atoms with Crippen LogP contribution in [0.4, 0.5) is 5.69 Å². The second-order valence-electron chi connectivity index (χ2n) is 5.97. The van der Waals surface area contributed by atoms with E-state index in [2.05, 4.69) is 22.1 Å². The molecule has 1 amide bonds. The molecule has 0 fully saturated rings. The lowest BCUT2D eigenvalue weighted by Gasteiger charge is -2.15. The normalized spacial score (nSPS) is 13.1. The van der Waals surface area contributed by atoms with Crippen LogP contribution in [0.5, 0.6) is 0 Å². The Kier molecular flexibility index (Phi) is 3.86. The summed E-state index contributed by atoms with van der Waals surface area (Å²) >= 11 is 1.48. The third-order valence-corrected chi connectivity index (χ3v) is 5.14. The van der Waals surface area contributed by atoms with Gasteiger partial charge in [-0.2, -0.15) is 0 Å². The molecule has 4 rings (SSSR count). The Bertz CT molecular complexity index is 889. The topological polar surface area (TPSA) is 46.1 Å². The van der Waals surface area contributed by atoms with Crippen molar-refractivity contribution in [2.24, 2.45) is 0 Å². The highest BCUT2D eigenvalue weighted by molar-refractivity contribution is 7.13. The van der Waals surface area contributed by atoms with Gasteiger partial charge in [0.05, 0.1) is 22.6 Å². The van der Waals surface area contributed by atoms with Crippen LogP contribution >= 0.6 is 11.3 Å². The number of nitrogens with zero attached hydrogens (tertiary/aromatic N) is 3. The number of carbonyl (C=O) groups is 1. The molecule has 4 nitrogen and oxygen atoms in total. The molecular formula is C19H17N3OS. The number of carbonyl (C=O) groups excluding carboxylic acids is 1. The molecule has 5 heteroatoms. The summed E-state index contributed by atoms with van der Waals surface area (Å²) in [4.78, 5) is 24.2. The summed E-state index contributed by atoms with van der Waals surface area (Å²) in [6, 6.07) is 12.2. The molecule has 120 valence electrons. The summed E-state index contributed by atoms with van der Waals surface area (Å²) in [5.74, 6) is 0.0259. The van der Waals surface area contributed by atoms with E-state index in [1.54, 1.807) is 6.20 Å². The van der Waals surface area contributed by atoms with Gasteiger partial charge in [0.2, 0.25) is 0 Å². The first-order valence-electron chi connectivity index (χ1n) is 7.97. The lowest BCUT2D eigenvalue weighted by Crippen LogP contribution is -2.28. The minimum absolute atomic E-state index is 0.0259. The molecule has 1 aliphatic heterocycles. The molecule has 3 heterocycles. The highest BCUT2D eigenvalue weighted by Gasteiger charge is 2.27. The third kappa shape index (κ3) is 2.83. The fraction of sp³-hybridized carbons (Fsp3) is 0.211. The van der Waals surface area contributed by atoms with Crippen molar-refractivity contribution >= 4 is 22.9 Å². The molecule has 24 heavy (non-hydrogen) atoms. The Morgan fingerprint density at radius 3 is 2.88 bits per heavy atom. The van der Waals surface area contributed by atoms with Crippen LogP contribution in [0.25, 0.3) is 0 Å². The monoisotopic (exact) mass is 335 g/mol. The Morgan fingerprint density at radius 2 is 2.04 bits per heavy atom. The van der Waals surface area contributed by atoms with Gasteiger partial charge in [0.15, 0.2) is 0 Å². The van der Waals surface area contributed by atoms with E-state index in [1.165, 1.54) is 16.9 Å². The summed E-state index contributed by atoms with van der Waals surface area (Å²) in [5.41, 5.74) is 4.22. The zero-order valence-corrected chi connectivity index (χ0v) is 14.2. The van der Waals surface area contributed by atoms with Gasteiger partial charge in [-0.15, -0.1) is 11.3 Å². The molecule has 2 aromatic heterocycles. The number of amides is 1. The molecule has 1 aromatic carbocycles. The number of anilines is 1. The zero-order chi connectivity index (χ0) is 16.5. The van der Waals surface area contributed by atoms with E-state index in [4.69, 9.17) is 0 Å². The number of pyridine rings is 1. The molecule has 1 aliphatic rings. The molecular weight excluding hydrogens is 318 g/mol. The van der Waals surface area contributed by atoms with Gasteiger partial charge >= 0.3 is 0 Å². The lowest BCUT2D eigenvalue weighted by atomic mass is 10.2. The van der Waals surface area contributed by atoms with E-state index in [-0.39, 0.29) is 5.91 Å². The fourth-order valence-electron chi connectivity index (χ4n) is 2.95. The van der Waals surface area contributed by atoms with Gasteiger partial charge in [0, 0.05) is 25.6 Å². The van der Waals surface area contributed by atoms with Crippen molar-refractivity contribution in [2.75, 3.05) is 11.4 Å². The maximum atomic E-state index is 12.9. The number of fused-ring (bicyclic) bond motifs is 1. The van der Waals surface area contributed by atoms with Crippen molar-refractivity contribution in [3.05, 3.63) is 75.5 Å². The van der Waals surface area contributed by atoms with Crippen molar-refractivity contribution in [2.45, 2.75) is 19.8 Å². The molecule has 3 aromatic rings. The van der Waals surface area contributed by atoms with E-state index >= 15 is 0 Å². The van der Waals surface area contributed by atoms with E-state index in [0.717, 1.165) is 34.8 Å². The van der Waals surface area contributed by atoms with Gasteiger partial charge in [-0.05, 0) is 24.1 Å². The average Bonchev–Trinajstić information content (AvgIpc) is 3.22. The predicted octanol–water partition coefficient (Wildman–Crippen LogP) is 3.64. The number of hydrogen-bond donors (Lipinski definition) is 0. The number of hydrogen-bond acceptors (Lipinski definition) is 4. The number of aryl methyl sites for hydroxylation is 1. The van der Waals surface area contributed by atoms with Crippen LogP contribution in [0.2, 0.25) is 0 Å². The zero-order valence-electron chi connectivity index (χ0n) is 13.4. The summed E-state index contributed by atoms with van der Waals surface area (Å²) in [5, 5.41) is 0.964. The Labute approximate surface area is 144 Å². The quantitative estimate of drug-likeness (QED) is 0.734. The molecule has 0 aliphatic carbocycles. The van der Waals surface area contributed by atoms with E-state index < -0.39 is 0 Å². The number of thiazole rings is 1. The Morgan fingerprint density at radius 1 is 1.21 bits per heavy atom. The molecule has 0 radical (unpaired) electrons. The minimum atomic E-state index is 0.0259. The second-order valence-corrected chi connectivity index (χ2v) is 7.08. The van der Waals surface area contributed by atoms with Crippen molar-refractivity contribution in [1.82, 2.24) is 9.97 Å². The summed E-state index contributed by atoms with van der Waals surface area (Å²) in [6.45, 7) is 2.69. The van der Waals surface area contributed by atoms with Crippen LogP contribution in [0.1, 0.15) is 31.5 Å². The molecule has 0 N–H and O–H groups in total. The van der Waals surface area contributed by atoms with Crippen molar-refractivity contribution in [3.63, 3.8) is 0 Å². The summed E-state index contributed by atoms with van der Waals surface area (Å²) in [6.07, 6.45) is 5.14. The van der Waals surface area contributed by atoms with Crippen molar-refractivity contribution in [3.8, 4) is 0 Å². The van der Waals surface area contributed by atoms with Gasteiger partial charge in [0.1, 0.15) is 4.88 Å². The van der Waals surface area contributed by atoms with E-state index in [1.807, 2.05) is 42.3 Å². The van der Waals surface area contributed by atoms with Crippen molar-refractivity contribution < 1.29 is 4.79 Å². The van der Waals surface area contributed by atoms with Crippen LogP contribution in [0, 0.1) is 6.92 Å². The van der Waals surface area contributed by atoms with Crippen LogP contribution < -0.4 is 4.90 Å².